The van der Waals surface area contributed by atoms with Gasteiger partial charge in [-0.3, -0.25) is 4.79 Å². The van der Waals surface area contributed by atoms with Gasteiger partial charge in [0.1, 0.15) is 5.75 Å². The highest BCUT2D eigenvalue weighted by molar-refractivity contribution is 7.99. The number of hydrogen-bond acceptors (Lipinski definition) is 5. The average molecular weight is 435 g/mol. The molecule has 5 nitrogen and oxygen atoms in total. The van der Waals surface area contributed by atoms with Crippen LogP contribution in [0.1, 0.15) is 17.7 Å². The van der Waals surface area contributed by atoms with Gasteiger partial charge in [-0.25, -0.2) is 0 Å². The number of fused-ring (bicyclic) bond motifs is 1. The lowest BCUT2D eigenvalue weighted by molar-refractivity contribution is -0.128. The van der Waals surface area contributed by atoms with Crippen LogP contribution < -0.4 is 9.64 Å². The number of rotatable bonds is 7. The summed E-state index contributed by atoms with van der Waals surface area (Å²) >= 11 is 7.91. The number of anilines is 1. The van der Waals surface area contributed by atoms with Crippen molar-refractivity contribution in [3.8, 4) is 5.75 Å². The number of amides is 1. The average Bonchev–Trinajstić information content (AvgIpc) is 2.85. The minimum atomic E-state index is -0.605. The second-order valence-corrected chi connectivity index (χ2v) is 8.59. The van der Waals surface area contributed by atoms with E-state index in [-0.39, 0.29) is 11.2 Å². The number of carbonyl (C=O) groups is 1. The van der Waals surface area contributed by atoms with Gasteiger partial charge in [-0.05, 0) is 49.5 Å². The number of methoxy groups -OCH3 is 2. The minimum Gasteiger partial charge on any atom is -0.497 e. The summed E-state index contributed by atoms with van der Waals surface area (Å²) < 4.78 is 11.0. The number of ether oxygens (including phenoxy) is 2. The van der Waals surface area contributed by atoms with Gasteiger partial charge in [-0.15, -0.1) is 11.8 Å². The number of benzene rings is 2. The first-order valence-corrected chi connectivity index (χ1v) is 10.9. The first-order chi connectivity index (χ1) is 14.0. The number of thioether (sulfide) groups is 1. The molecule has 0 unspecified atom stereocenters. The first kappa shape index (κ1) is 22.0. The number of hydrogen-bond donors (Lipinski definition) is 0. The van der Waals surface area contributed by atoms with Crippen LogP contribution in [0.25, 0.3) is 0 Å². The van der Waals surface area contributed by atoms with E-state index in [0.29, 0.717) is 11.6 Å². The summed E-state index contributed by atoms with van der Waals surface area (Å²) in [5.74, 6) is 0.742. The Morgan fingerprint density at radius 1 is 1.17 bits per heavy atom. The Bertz CT molecular complexity index is 846. The van der Waals surface area contributed by atoms with Crippen LogP contribution in [0.4, 0.5) is 5.69 Å². The minimum absolute atomic E-state index is 0.0357. The lowest BCUT2D eigenvalue weighted by Gasteiger charge is -2.28. The van der Waals surface area contributed by atoms with Crippen LogP contribution in [0.3, 0.4) is 0 Å². The molecular weight excluding hydrogens is 408 g/mol. The smallest absolute Gasteiger partial charge is 0.257 e. The molecule has 2 aromatic carbocycles. The maximum Gasteiger partial charge on any atom is 0.257 e. The molecule has 0 fully saturated rings. The summed E-state index contributed by atoms with van der Waals surface area (Å²) in [6, 6.07) is 13.5. The molecule has 0 bridgehead atoms. The Balaban J connectivity index is 2.02. The summed E-state index contributed by atoms with van der Waals surface area (Å²) in [7, 11) is 5.28. The van der Waals surface area contributed by atoms with E-state index in [1.165, 1.54) is 0 Å². The topological polar surface area (TPSA) is 42.0 Å². The fourth-order valence-electron chi connectivity index (χ4n) is 3.33. The van der Waals surface area contributed by atoms with Crippen LogP contribution >= 0.6 is 23.4 Å². The molecule has 0 aliphatic carbocycles. The van der Waals surface area contributed by atoms with Crippen LogP contribution in [-0.2, 0) is 9.53 Å². The van der Waals surface area contributed by atoms with E-state index in [1.54, 1.807) is 26.0 Å². The zero-order valence-electron chi connectivity index (χ0n) is 17.2. The van der Waals surface area contributed by atoms with Gasteiger partial charge in [0.05, 0.1) is 18.0 Å². The molecule has 0 saturated heterocycles. The van der Waals surface area contributed by atoms with Gasteiger partial charge < -0.3 is 19.3 Å². The van der Waals surface area contributed by atoms with Crippen LogP contribution in [0, 0.1) is 0 Å². The third-order valence-corrected chi connectivity index (χ3v) is 6.78. The molecule has 1 heterocycles. The lowest BCUT2D eigenvalue weighted by atomic mass is 10.1. The molecular formula is C22H27ClN2O3S. The molecule has 2 atom stereocenters. The normalized spacial score (nSPS) is 19.2. The molecule has 0 aromatic heterocycles. The van der Waals surface area contributed by atoms with Crippen molar-refractivity contribution in [2.24, 2.45) is 0 Å². The fourth-order valence-corrected chi connectivity index (χ4v) is 4.97. The standard InChI is InChI=1S/C22H27ClN2O3S/c1-5-24(2)12-13-25-18-11-8-16(23)14-19(18)29-21(20(28-4)22(25)26)15-6-9-17(27-3)10-7-15/h6-11,14,20-21H,5,12-13H2,1-4H3/t20-,21+/m1/s1. The van der Waals surface area contributed by atoms with E-state index < -0.39 is 6.10 Å². The van der Waals surface area contributed by atoms with Gasteiger partial charge in [0.15, 0.2) is 6.10 Å². The summed E-state index contributed by atoms with van der Waals surface area (Å²) in [6.45, 7) is 4.39. The molecule has 0 N–H and O–H groups in total. The second kappa shape index (κ2) is 9.85. The molecule has 1 aliphatic rings. The number of carbonyl (C=O) groups excluding carboxylic acids is 1. The highest BCUT2D eigenvalue weighted by Gasteiger charge is 2.38. The van der Waals surface area contributed by atoms with Crippen molar-refractivity contribution in [2.45, 2.75) is 23.2 Å². The summed E-state index contributed by atoms with van der Waals surface area (Å²) in [5, 5.41) is 0.461. The molecule has 2 aromatic rings. The first-order valence-electron chi connectivity index (χ1n) is 9.61. The largest absolute Gasteiger partial charge is 0.497 e. The van der Waals surface area contributed by atoms with E-state index in [9.17, 15) is 4.79 Å². The van der Waals surface area contributed by atoms with E-state index in [0.717, 1.165) is 35.0 Å². The van der Waals surface area contributed by atoms with Crippen molar-refractivity contribution < 1.29 is 14.3 Å². The van der Waals surface area contributed by atoms with Crippen molar-refractivity contribution >= 4 is 35.0 Å². The maximum atomic E-state index is 13.5. The number of nitrogens with zero attached hydrogens (tertiary/aromatic N) is 2. The highest BCUT2D eigenvalue weighted by atomic mass is 35.5. The molecule has 156 valence electrons. The molecule has 0 saturated carbocycles. The summed E-state index contributed by atoms with van der Waals surface area (Å²) in [5.41, 5.74) is 1.89. The third kappa shape index (κ3) is 4.89. The van der Waals surface area contributed by atoms with Crippen LogP contribution in [0.2, 0.25) is 5.02 Å². The second-order valence-electron chi connectivity index (χ2n) is 6.97. The zero-order valence-corrected chi connectivity index (χ0v) is 18.8. The Hall–Kier alpha value is -1.73. The van der Waals surface area contributed by atoms with Crippen molar-refractivity contribution in [2.75, 3.05) is 45.8 Å². The summed E-state index contributed by atoms with van der Waals surface area (Å²) in [4.78, 5) is 18.5. The van der Waals surface area contributed by atoms with E-state index in [1.807, 2.05) is 54.4 Å². The molecule has 1 amide bonds. The van der Waals surface area contributed by atoms with Gasteiger partial charge in [-0.1, -0.05) is 30.7 Å². The molecule has 1 aliphatic heterocycles. The van der Waals surface area contributed by atoms with Crippen LogP contribution in [0.15, 0.2) is 47.4 Å². The predicted molar refractivity (Wildman–Crippen MR) is 119 cm³/mol. The Morgan fingerprint density at radius 3 is 2.52 bits per heavy atom. The van der Waals surface area contributed by atoms with Gasteiger partial charge in [0.2, 0.25) is 0 Å². The predicted octanol–water partition coefficient (Wildman–Crippen LogP) is 4.50. The molecule has 3 rings (SSSR count). The molecule has 29 heavy (non-hydrogen) atoms. The maximum absolute atomic E-state index is 13.5. The molecule has 7 heteroatoms. The van der Waals surface area contributed by atoms with Crippen molar-refractivity contribution in [3.05, 3.63) is 53.1 Å². The van der Waals surface area contributed by atoms with E-state index in [2.05, 4.69) is 11.8 Å². The molecule has 0 radical (unpaired) electrons. The zero-order chi connectivity index (χ0) is 21.0. The van der Waals surface area contributed by atoms with Gasteiger partial charge in [0, 0.05) is 30.1 Å². The van der Waals surface area contributed by atoms with Crippen LogP contribution in [0.5, 0.6) is 5.75 Å². The SMILES string of the molecule is CCN(C)CCN1C(=O)[C@H](OC)[C@H](c2ccc(OC)cc2)Sc2cc(Cl)ccc21. The summed E-state index contributed by atoms with van der Waals surface area (Å²) in [6.07, 6.45) is -0.605. The number of halogens is 1. The Morgan fingerprint density at radius 2 is 1.90 bits per heavy atom. The van der Waals surface area contributed by atoms with Gasteiger partial charge in [-0.2, -0.15) is 0 Å². The third-order valence-electron chi connectivity index (χ3n) is 5.19. The van der Waals surface area contributed by atoms with E-state index in [4.69, 9.17) is 21.1 Å². The van der Waals surface area contributed by atoms with Crippen molar-refractivity contribution in [1.29, 1.82) is 0 Å². The quantitative estimate of drug-likeness (QED) is 0.642. The number of likely N-dealkylation sites (N-methyl/N-ethyl adjacent to an activating group) is 1. The van der Waals surface area contributed by atoms with Gasteiger partial charge >= 0.3 is 0 Å². The Kier molecular flexibility index (Phi) is 7.46. The lowest BCUT2D eigenvalue weighted by Crippen LogP contribution is -2.44. The van der Waals surface area contributed by atoms with Gasteiger partial charge in [0.25, 0.3) is 5.91 Å². The Labute approximate surface area is 181 Å². The highest BCUT2D eigenvalue weighted by Crippen LogP contribution is 2.47. The fraction of sp³-hybridized carbons (Fsp3) is 0.409. The van der Waals surface area contributed by atoms with Crippen molar-refractivity contribution in [3.63, 3.8) is 0 Å². The monoisotopic (exact) mass is 434 g/mol. The van der Waals surface area contributed by atoms with Crippen molar-refractivity contribution in [1.82, 2.24) is 4.90 Å². The van der Waals surface area contributed by atoms with Crippen LogP contribution in [-0.4, -0.2) is 57.8 Å². The van der Waals surface area contributed by atoms with E-state index >= 15 is 0 Å². The molecule has 0 spiro atoms.